The van der Waals surface area contributed by atoms with Crippen molar-refractivity contribution >= 4 is 17.3 Å². The van der Waals surface area contributed by atoms with Gasteiger partial charge in [0.1, 0.15) is 0 Å². The lowest BCUT2D eigenvalue weighted by Gasteiger charge is -2.34. The van der Waals surface area contributed by atoms with Crippen LogP contribution in [0.25, 0.3) is 0 Å². The third kappa shape index (κ3) is 6.18. The Morgan fingerprint density at radius 2 is 2.07 bits per heavy atom. The van der Waals surface area contributed by atoms with Gasteiger partial charge in [0.25, 0.3) is 0 Å². The van der Waals surface area contributed by atoms with E-state index in [9.17, 15) is 0 Å². The summed E-state index contributed by atoms with van der Waals surface area (Å²) in [6.45, 7) is 14.3. The number of likely N-dealkylation sites (tertiary alicyclic amines) is 2. The van der Waals surface area contributed by atoms with Crippen LogP contribution in [-0.2, 0) is 13.0 Å². The van der Waals surface area contributed by atoms with Gasteiger partial charge in [-0.3, -0.25) is 9.89 Å². The van der Waals surface area contributed by atoms with Crippen molar-refractivity contribution in [3.63, 3.8) is 0 Å². The lowest BCUT2D eigenvalue weighted by molar-refractivity contribution is 0.178. The van der Waals surface area contributed by atoms with Crippen LogP contribution in [-0.4, -0.2) is 60.0 Å². The summed E-state index contributed by atoms with van der Waals surface area (Å²) in [5.74, 6) is 2.64. The van der Waals surface area contributed by atoms with Crippen molar-refractivity contribution in [2.45, 2.75) is 59.4 Å². The molecule has 1 atom stereocenters. The molecule has 27 heavy (non-hydrogen) atoms. The van der Waals surface area contributed by atoms with Gasteiger partial charge in [0.05, 0.1) is 10.7 Å². The molecule has 1 N–H and O–H groups in total. The van der Waals surface area contributed by atoms with Gasteiger partial charge in [-0.1, -0.05) is 13.8 Å². The van der Waals surface area contributed by atoms with E-state index >= 15 is 0 Å². The van der Waals surface area contributed by atoms with Gasteiger partial charge in [-0.05, 0) is 64.0 Å². The second-order valence-electron chi connectivity index (χ2n) is 8.19. The van der Waals surface area contributed by atoms with Gasteiger partial charge in [-0.25, -0.2) is 4.98 Å². The third-order valence-corrected chi connectivity index (χ3v) is 6.83. The molecule has 0 radical (unpaired) electrons. The Morgan fingerprint density at radius 1 is 1.26 bits per heavy atom. The van der Waals surface area contributed by atoms with E-state index in [1.165, 1.54) is 49.5 Å². The van der Waals surface area contributed by atoms with Crippen LogP contribution >= 0.6 is 11.3 Å². The van der Waals surface area contributed by atoms with Crippen LogP contribution in [0.5, 0.6) is 0 Å². The molecule has 6 heteroatoms. The number of nitrogens with zero attached hydrogens (tertiary/aromatic N) is 4. The van der Waals surface area contributed by atoms with E-state index in [2.05, 4.69) is 41.3 Å². The van der Waals surface area contributed by atoms with E-state index in [1.54, 1.807) is 11.3 Å². The molecule has 3 heterocycles. The minimum Gasteiger partial charge on any atom is -0.357 e. The minimum absolute atomic E-state index is 0.721. The lowest BCUT2D eigenvalue weighted by Crippen LogP contribution is -2.46. The van der Waals surface area contributed by atoms with Gasteiger partial charge in [0, 0.05) is 38.1 Å². The van der Waals surface area contributed by atoms with Crippen LogP contribution in [0, 0.1) is 11.8 Å². The van der Waals surface area contributed by atoms with E-state index in [4.69, 9.17) is 9.98 Å². The van der Waals surface area contributed by atoms with Gasteiger partial charge < -0.3 is 10.2 Å². The second kappa shape index (κ2) is 10.4. The van der Waals surface area contributed by atoms with Crippen LogP contribution in [0.2, 0.25) is 0 Å². The fourth-order valence-corrected chi connectivity index (χ4v) is 4.90. The molecule has 1 aromatic heterocycles. The largest absolute Gasteiger partial charge is 0.357 e. The van der Waals surface area contributed by atoms with Gasteiger partial charge >= 0.3 is 0 Å². The molecule has 0 saturated carbocycles. The van der Waals surface area contributed by atoms with Gasteiger partial charge in [0.15, 0.2) is 5.96 Å². The number of aromatic nitrogens is 1. The van der Waals surface area contributed by atoms with E-state index < -0.39 is 0 Å². The quantitative estimate of drug-likeness (QED) is 0.594. The first kappa shape index (κ1) is 20.6. The first-order chi connectivity index (χ1) is 13.2. The molecular formula is C21H37N5S. The van der Waals surface area contributed by atoms with Crippen LogP contribution in [0.15, 0.2) is 10.4 Å². The normalized spacial score (nSPS) is 23.0. The van der Waals surface area contributed by atoms with Gasteiger partial charge in [-0.15, -0.1) is 11.3 Å². The number of guanidine groups is 1. The summed E-state index contributed by atoms with van der Waals surface area (Å²) in [6.07, 6.45) is 6.20. The molecule has 5 nitrogen and oxygen atoms in total. The molecule has 0 amide bonds. The predicted molar refractivity (Wildman–Crippen MR) is 115 cm³/mol. The van der Waals surface area contributed by atoms with E-state index in [-0.39, 0.29) is 0 Å². The Bertz CT molecular complexity index is 591. The predicted octanol–water partition coefficient (Wildman–Crippen LogP) is 3.61. The number of nitrogens with one attached hydrogen (secondary N) is 1. The highest BCUT2D eigenvalue weighted by molar-refractivity contribution is 7.09. The third-order valence-electron chi connectivity index (χ3n) is 5.79. The number of hydrogen-bond donors (Lipinski definition) is 1. The Balaban J connectivity index is 1.46. The van der Waals surface area contributed by atoms with Crippen molar-refractivity contribution in [2.24, 2.45) is 16.8 Å². The van der Waals surface area contributed by atoms with Crippen LogP contribution in [0.1, 0.15) is 57.2 Å². The molecule has 152 valence electrons. The number of piperidine rings is 2. The van der Waals surface area contributed by atoms with Crippen molar-refractivity contribution < 1.29 is 0 Å². The zero-order chi connectivity index (χ0) is 19.1. The molecule has 1 aromatic rings. The highest BCUT2D eigenvalue weighted by Gasteiger charge is 2.22. The fraction of sp³-hybridized carbons (Fsp3) is 0.810. The van der Waals surface area contributed by atoms with Crippen molar-refractivity contribution in [1.82, 2.24) is 20.1 Å². The van der Waals surface area contributed by atoms with Crippen LogP contribution in [0.3, 0.4) is 0 Å². The van der Waals surface area contributed by atoms with E-state index in [0.717, 1.165) is 56.9 Å². The summed E-state index contributed by atoms with van der Waals surface area (Å²) in [6, 6.07) is 0. The fourth-order valence-electron chi connectivity index (χ4n) is 4.16. The van der Waals surface area contributed by atoms with Crippen molar-refractivity contribution in [2.75, 3.05) is 39.3 Å². The molecule has 2 aliphatic rings. The minimum atomic E-state index is 0.721. The molecule has 0 aromatic carbocycles. The van der Waals surface area contributed by atoms with Crippen molar-refractivity contribution in [3.8, 4) is 0 Å². The summed E-state index contributed by atoms with van der Waals surface area (Å²) in [7, 11) is 0. The molecule has 2 saturated heterocycles. The van der Waals surface area contributed by atoms with Crippen LogP contribution < -0.4 is 5.32 Å². The molecule has 0 spiro atoms. The number of aryl methyl sites for hydroxylation is 1. The molecule has 1 unspecified atom stereocenters. The van der Waals surface area contributed by atoms with E-state index in [1.807, 2.05) is 0 Å². The lowest BCUT2D eigenvalue weighted by atomic mass is 9.97. The number of rotatable bonds is 6. The number of hydrogen-bond acceptors (Lipinski definition) is 4. The highest BCUT2D eigenvalue weighted by Crippen LogP contribution is 2.21. The zero-order valence-electron chi connectivity index (χ0n) is 17.4. The summed E-state index contributed by atoms with van der Waals surface area (Å²) in [5.41, 5.74) is 1.25. The maximum absolute atomic E-state index is 5.02. The number of aliphatic imine (C=N–C) groups is 1. The van der Waals surface area contributed by atoms with Crippen molar-refractivity contribution in [3.05, 3.63) is 16.1 Å². The summed E-state index contributed by atoms with van der Waals surface area (Å²) in [4.78, 5) is 14.8. The SMILES string of the molecule is CCNC(=NCC1CCN(Cc2csc(CC)n2)CC1)N1CCCC(C)C1. The molecule has 0 bridgehead atoms. The average Bonchev–Trinajstić information content (AvgIpc) is 3.14. The van der Waals surface area contributed by atoms with Crippen LogP contribution in [0.4, 0.5) is 0 Å². The molecule has 0 aliphatic carbocycles. The van der Waals surface area contributed by atoms with Gasteiger partial charge in [0.2, 0.25) is 0 Å². The van der Waals surface area contributed by atoms with E-state index in [0.29, 0.717) is 0 Å². The topological polar surface area (TPSA) is 43.8 Å². The average molecular weight is 392 g/mol. The molecule has 2 fully saturated rings. The highest BCUT2D eigenvalue weighted by atomic mass is 32.1. The monoisotopic (exact) mass is 391 g/mol. The Labute approximate surface area is 169 Å². The molecular weight excluding hydrogens is 354 g/mol. The standard InChI is InChI=1S/C21H37N5S/c1-4-20-24-19(16-27-20)15-25-11-8-18(9-12-25)13-23-21(22-5-2)26-10-6-7-17(3)14-26/h16-18H,4-15H2,1-3H3,(H,22,23). The maximum atomic E-state index is 5.02. The Kier molecular flexibility index (Phi) is 7.94. The second-order valence-corrected chi connectivity index (χ2v) is 9.14. The zero-order valence-corrected chi connectivity index (χ0v) is 18.2. The maximum Gasteiger partial charge on any atom is 0.193 e. The Morgan fingerprint density at radius 3 is 2.74 bits per heavy atom. The summed E-state index contributed by atoms with van der Waals surface area (Å²) < 4.78 is 0. The first-order valence-electron chi connectivity index (χ1n) is 10.9. The summed E-state index contributed by atoms with van der Waals surface area (Å²) in [5, 5.41) is 7.02. The molecule has 2 aliphatic heterocycles. The smallest absolute Gasteiger partial charge is 0.193 e. The number of thiazole rings is 1. The first-order valence-corrected chi connectivity index (χ1v) is 11.7. The Hall–Kier alpha value is -1.14. The molecule has 3 rings (SSSR count). The van der Waals surface area contributed by atoms with Gasteiger partial charge in [-0.2, -0.15) is 0 Å². The van der Waals surface area contributed by atoms with Crippen molar-refractivity contribution in [1.29, 1.82) is 0 Å². The summed E-state index contributed by atoms with van der Waals surface area (Å²) >= 11 is 1.80.